The highest BCUT2D eigenvalue weighted by Gasteiger charge is 2.23. The maximum atomic E-state index is 2.45. The van der Waals surface area contributed by atoms with Crippen LogP contribution in [0.5, 0.6) is 0 Å². The molecule has 0 spiro atoms. The van der Waals surface area contributed by atoms with E-state index in [9.17, 15) is 0 Å². The van der Waals surface area contributed by atoms with Gasteiger partial charge in [0.2, 0.25) is 0 Å². The summed E-state index contributed by atoms with van der Waals surface area (Å²) in [5.41, 5.74) is 15.2. The number of benzene rings is 11. The molecule has 0 aliphatic carbocycles. The van der Waals surface area contributed by atoms with Gasteiger partial charge in [0, 0.05) is 37.1 Å². The molecule has 1 nitrogen and oxygen atoms in total. The van der Waals surface area contributed by atoms with Gasteiger partial charge in [0.1, 0.15) is 0 Å². The predicted octanol–water partition coefficient (Wildman–Crippen LogP) is 18.2. The zero-order chi connectivity index (χ0) is 42.4. The standard InChI is InChI=1S/C62H41NS/c1-3-17-42(18-4-1)49-22-9-12-27-56(49)61-51(43-19-5-2-6-20-43)28-16-31-59(61)63(47-37-33-44(34-38-47)52-29-15-30-57-55-26-13-14-32-60(55)64-62(52)57)48-39-35-45(36-40-48)58-41-46-21-7-8-23-50(46)53-24-10-11-25-54(53)58/h1-41H. The first-order valence-corrected chi connectivity index (χ1v) is 22.7. The van der Waals surface area contributed by atoms with Gasteiger partial charge < -0.3 is 4.90 Å². The second-order valence-electron chi connectivity index (χ2n) is 16.4. The normalized spacial score (nSPS) is 11.4. The Labute approximate surface area is 377 Å². The lowest BCUT2D eigenvalue weighted by Gasteiger charge is -2.30. The van der Waals surface area contributed by atoms with Crippen LogP contribution in [-0.4, -0.2) is 0 Å². The van der Waals surface area contributed by atoms with E-state index >= 15 is 0 Å². The van der Waals surface area contributed by atoms with Gasteiger partial charge in [0.05, 0.1) is 5.69 Å². The van der Waals surface area contributed by atoms with Crippen LogP contribution in [0.4, 0.5) is 17.1 Å². The molecule has 0 unspecified atom stereocenters. The van der Waals surface area contributed by atoms with Crippen LogP contribution in [-0.2, 0) is 0 Å². The van der Waals surface area contributed by atoms with Gasteiger partial charge in [-0.3, -0.25) is 0 Å². The maximum absolute atomic E-state index is 2.45. The predicted molar refractivity (Wildman–Crippen MR) is 276 cm³/mol. The van der Waals surface area contributed by atoms with Crippen molar-refractivity contribution in [3.8, 4) is 55.6 Å². The summed E-state index contributed by atoms with van der Waals surface area (Å²) in [5, 5.41) is 7.67. The van der Waals surface area contributed by atoms with Crippen LogP contribution in [0, 0.1) is 0 Å². The number of rotatable bonds is 8. The molecule has 0 atom stereocenters. The average molecular weight is 832 g/mol. The van der Waals surface area contributed by atoms with Crippen molar-refractivity contribution in [3.63, 3.8) is 0 Å². The average Bonchev–Trinajstić information content (AvgIpc) is 3.76. The van der Waals surface area contributed by atoms with Crippen LogP contribution in [0.3, 0.4) is 0 Å². The quantitative estimate of drug-likeness (QED) is 0.138. The summed E-state index contributed by atoms with van der Waals surface area (Å²) >= 11 is 1.88. The fraction of sp³-hybridized carbons (Fsp3) is 0. The van der Waals surface area contributed by atoms with Gasteiger partial charge in [-0.1, -0.05) is 206 Å². The number of fused-ring (bicyclic) bond motifs is 6. The highest BCUT2D eigenvalue weighted by atomic mass is 32.1. The smallest absolute Gasteiger partial charge is 0.0546 e. The van der Waals surface area contributed by atoms with Gasteiger partial charge >= 0.3 is 0 Å². The topological polar surface area (TPSA) is 3.24 Å². The van der Waals surface area contributed by atoms with Gasteiger partial charge in [0.15, 0.2) is 0 Å². The highest BCUT2D eigenvalue weighted by molar-refractivity contribution is 7.26. The molecule has 0 fully saturated rings. The van der Waals surface area contributed by atoms with Crippen LogP contribution in [0.1, 0.15) is 0 Å². The van der Waals surface area contributed by atoms with E-state index in [2.05, 4.69) is 254 Å². The zero-order valence-electron chi connectivity index (χ0n) is 35.0. The highest BCUT2D eigenvalue weighted by Crippen LogP contribution is 2.49. The lowest BCUT2D eigenvalue weighted by atomic mass is 9.87. The SMILES string of the molecule is c1ccc(-c2ccccc2-c2c(-c3ccccc3)cccc2N(c2ccc(-c3cc4ccccc4c4ccccc34)cc2)c2ccc(-c3cccc4c3sc3ccccc34)cc2)cc1. The van der Waals surface area contributed by atoms with E-state index in [1.807, 2.05) is 11.3 Å². The third-order valence-corrected chi connectivity index (χ3v) is 13.9. The van der Waals surface area contributed by atoms with Crippen LogP contribution < -0.4 is 4.90 Å². The molecule has 0 saturated heterocycles. The molecule has 1 aromatic heterocycles. The van der Waals surface area contributed by atoms with Crippen LogP contribution in [0.2, 0.25) is 0 Å². The van der Waals surface area contributed by atoms with E-state index in [4.69, 9.17) is 0 Å². The molecule has 12 rings (SSSR count). The van der Waals surface area contributed by atoms with Crippen molar-refractivity contribution in [3.05, 3.63) is 249 Å². The fourth-order valence-electron chi connectivity index (χ4n) is 9.71. The fourth-order valence-corrected chi connectivity index (χ4v) is 11.0. The van der Waals surface area contributed by atoms with E-state index in [1.165, 1.54) is 97.4 Å². The van der Waals surface area contributed by atoms with Crippen molar-refractivity contribution in [2.45, 2.75) is 0 Å². The van der Waals surface area contributed by atoms with Crippen LogP contribution >= 0.6 is 11.3 Å². The summed E-state index contributed by atoms with van der Waals surface area (Å²) < 4.78 is 2.63. The summed E-state index contributed by atoms with van der Waals surface area (Å²) in [6, 6.07) is 91.0. The van der Waals surface area contributed by atoms with Gasteiger partial charge in [0.25, 0.3) is 0 Å². The third kappa shape index (κ3) is 6.55. The molecule has 12 aromatic rings. The summed E-state index contributed by atoms with van der Waals surface area (Å²) in [6.45, 7) is 0. The first kappa shape index (κ1) is 37.7. The summed E-state index contributed by atoms with van der Waals surface area (Å²) in [7, 11) is 0. The molecule has 0 amide bonds. The second kappa shape index (κ2) is 16.0. The Morgan fingerprint density at radius 3 is 1.48 bits per heavy atom. The molecule has 0 saturated carbocycles. The van der Waals surface area contributed by atoms with E-state index < -0.39 is 0 Å². The number of hydrogen-bond acceptors (Lipinski definition) is 2. The summed E-state index contributed by atoms with van der Waals surface area (Å²) in [5.74, 6) is 0. The molecule has 1 heterocycles. The van der Waals surface area contributed by atoms with Crippen molar-refractivity contribution in [1.29, 1.82) is 0 Å². The van der Waals surface area contributed by atoms with Gasteiger partial charge in [-0.2, -0.15) is 0 Å². The molecule has 0 aliphatic rings. The Bertz CT molecular complexity index is 3640. The monoisotopic (exact) mass is 831 g/mol. The molecule has 2 heteroatoms. The largest absolute Gasteiger partial charge is 0.310 e. The number of hydrogen-bond donors (Lipinski definition) is 0. The minimum atomic E-state index is 1.08. The number of anilines is 3. The first-order valence-electron chi connectivity index (χ1n) is 21.9. The van der Waals surface area contributed by atoms with Gasteiger partial charge in [-0.05, 0) is 114 Å². The lowest BCUT2D eigenvalue weighted by Crippen LogP contribution is -2.12. The minimum absolute atomic E-state index is 1.08. The van der Waals surface area contributed by atoms with Crippen LogP contribution in [0.25, 0.3) is 97.4 Å². The second-order valence-corrected chi connectivity index (χ2v) is 17.4. The van der Waals surface area contributed by atoms with Gasteiger partial charge in [-0.25, -0.2) is 0 Å². The molecule has 0 aliphatic heterocycles. The Hall–Kier alpha value is -8.04. The molecule has 300 valence electrons. The summed E-state index contributed by atoms with van der Waals surface area (Å²) in [6.07, 6.45) is 0. The van der Waals surface area contributed by atoms with Crippen molar-refractivity contribution in [1.82, 2.24) is 0 Å². The van der Waals surface area contributed by atoms with Crippen molar-refractivity contribution < 1.29 is 0 Å². The molecule has 0 radical (unpaired) electrons. The van der Waals surface area contributed by atoms with Crippen molar-refractivity contribution >= 4 is 70.1 Å². The number of thiophene rings is 1. The van der Waals surface area contributed by atoms with Crippen molar-refractivity contribution in [2.75, 3.05) is 4.90 Å². The lowest BCUT2D eigenvalue weighted by molar-refractivity contribution is 1.28. The van der Waals surface area contributed by atoms with E-state index in [-0.39, 0.29) is 0 Å². The Kier molecular flexibility index (Phi) is 9.43. The number of nitrogens with zero attached hydrogens (tertiary/aromatic N) is 1. The Morgan fingerprint density at radius 1 is 0.281 bits per heavy atom. The third-order valence-electron chi connectivity index (χ3n) is 12.7. The van der Waals surface area contributed by atoms with E-state index in [0.717, 1.165) is 17.1 Å². The molecule has 64 heavy (non-hydrogen) atoms. The van der Waals surface area contributed by atoms with Crippen LogP contribution in [0.15, 0.2) is 249 Å². The molecular weight excluding hydrogens is 791 g/mol. The first-order chi connectivity index (χ1) is 31.8. The minimum Gasteiger partial charge on any atom is -0.310 e. The zero-order valence-corrected chi connectivity index (χ0v) is 35.8. The molecule has 0 N–H and O–H groups in total. The molecule has 0 bridgehead atoms. The Morgan fingerprint density at radius 2 is 0.766 bits per heavy atom. The Balaban J connectivity index is 1.07. The molecule has 11 aromatic carbocycles. The molecular formula is C62H41NS. The van der Waals surface area contributed by atoms with Crippen molar-refractivity contribution in [2.24, 2.45) is 0 Å². The van der Waals surface area contributed by atoms with E-state index in [1.54, 1.807) is 0 Å². The summed E-state index contributed by atoms with van der Waals surface area (Å²) in [4.78, 5) is 2.45. The maximum Gasteiger partial charge on any atom is 0.0546 e. The van der Waals surface area contributed by atoms with E-state index in [0.29, 0.717) is 0 Å². The van der Waals surface area contributed by atoms with Gasteiger partial charge in [-0.15, -0.1) is 11.3 Å².